The van der Waals surface area contributed by atoms with E-state index in [0.29, 0.717) is 12.8 Å². The number of allylic oxidation sites excluding steroid dienone is 18. The van der Waals surface area contributed by atoms with Crippen LogP contribution in [0.2, 0.25) is 0 Å². The highest BCUT2D eigenvalue weighted by Crippen LogP contribution is 2.12. The van der Waals surface area contributed by atoms with Crippen molar-refractivity contribution in [3.05, 3.63) is 109 Å². The highest BCUT2D eigenvalue weighted by atomic mass is 16.6. The van der Waals surface area contributed by atoms with E-state index in [1.165, 1.54) is 19.3 Å². The van der Waals surface area contributed by atoms with E-state index in [1.807, 2.05) is 33.3 Å². The lowest BCUT2D eigenvalue weighted by atomic mass is 10.1. The first kappa shape index (κ1) is 55.0. The van der Waals surface area contributed by atoms with Crippen LogP contribution in [0, 0.1) is 0 Å². The Morgan fingerprint density at radius 3 is 1.59 bits per heavy atom. The van der Waals surface area contributed by atoms with E-state index < -0.39 is 18.1 Å². The highest BCUT2D eigenvalue weighted by molar-refractivity contribution is 5.72. The Morgan fingerprint density at radius 1 is 0.542 bits per heavy atom. The van der Waals surface area contributed by atoms with Crippen LogP contribution in [0.4, 0.5) is 0 Å². The molecule has 0 aromatic heterocycles. The molecule has 0 spiro atoms. The van der Waals surface area contributed by atoms with Crippen molar-refractivity contribution in [1.82, 2.24) is 0 Å². The van der Waals surface area contributed by atoms with Crippen LogP contribution in [0.5, 0.6) is 0 Å². The average Bonchev–Trinajstić information content (AvgIpc) is 3.19. The number of quaternary nitrogens is 1. The molecule has 59 heavy (non-hydrogen) atoms. The molecule has 0 fully saturated rings. The summed E-state index contributed by atoms with van der Waals surface area (Å²) in [5, 5.41) is 9.62. The molecule has 1 N–H and O–H groups in total. The Kier molecular flexibility index (Phi) is 38.0. The number of hydrogen-bond donors (Lipinski definition) is 1. The topological polar surface area (TPSA) is 99.1 Å². The molecule has 0 aliphatic carbocycles. The Labute approximate surface area is 359 Å². The van der Waals surface area contributed by atoms with Crippen molar-refractivity contribution in [3.8, 4) is 0 Å². The summed E-state index contributed by atoms with van der Waals surface area (Å²) in [6.45, 7) is 4.47. The Hall–Kier alpha value is -4.01. The third-order valence-electron chi connectivity index (χ3n) is 9.25. The van der Waals surface area contributed by atoms with Gasteiger partial charge in [0.2, 0.25) is 0 Å². The third-order valence-corrected chi connectivity index (χ3v) is 9.25. The summed E-state index contributed by atoms with van der Waals surface area (Å²) in [7, 11) is 5.49. The van der Waals surface area contributed by atoms with Gasteiger partial charge in [-0.3, -0.25) is 9.59 Å². The number of hydrogen-bond acceptors (Lipinski definition) is 6. The van der Waals surface area contributed by atoms with E-state index in [4.69, 9.17) is 14.2 Å². The minimum Gasteiger partial charge on any atom is -0.477 e. The van der Waals surface area contributed by atoms with Crippen LogP contribution in [-0.2, 0) is 28.6 Å². The van der Waals surface area contributed by atoms with E-state index in [-0.39, 0.29) is 49.1 Å². The molecule has 8 heteroatoms. The summed E-state index contributed by atoms with van der Waals surface area (Å²) in [5.41, 5.74) is 0. The standard InChI is InChI=1S/C51H81NO7/c1-6-8-10-12-14-16-18-20-22-24-26-28-30-32-34-36-38-40-42-50(54)59-47(45-57-44-43-48(51(55)56)52(3,4)5)46-58-49(53)41-39-37-35-33-31-29-27-25-23-21-19-17-15-13-11-9-7-2/h9,11,14-18,20-24,26-29,33,35,47-48H,6-8,10,12-13,19,25,30-32,34,36-46H2,1-5H3/p+1/b11-9+,16-14+,17-15+,20-18+,23-21+,24-22+,28-26+,29-27+,35-33+. The molecular weight excluding hydrogens is 739 g/mol. The molecule has 0 bridgehead atoms. The first-order valence-corrected chi connectivity index (χ1v) is 22.5. The van der Waals surface area contributed by atoms with E-state index in [1.54, 1.807) is 0 Å². The summed E-state index contributed by atoms with van der Waals surface area (Å²) in [6.07, 6.45) is 55.6. The van der Waals surface area contributed by atoms with Crippen molar-refractivity contribution in [2.45, 2.75) is 154 Å². The molecule has 2 unspecified atom stereocenters. The zero-order valence-electron chi connectivity index (χ0n) is 37.7. The maximum absolute atomic E-state index is 12.7. The van der Waals surface area contributed by atoms with Crippen LogP contribution in [0.25, 0.3) is 0 Å². The maximum Gasteiger partial charge on any atom is 0.362 e. The third kappa shape index (κ3) is 39.2. The number of carboxylic acids is 1. The van der Waals surface area contributed by atoms with Crippen LogP contribution in [0.15, 0.2) is 109 Å². The van der Waals surface area contributed by atoms with Crippen LogP contribution in [0.1, 0.15) is 142 Å². The first-order chi connectivity index (χ1) is 28.6. The molecule has 0 radical (unpaired) electrons. The second-order valence-electron chi connectivity index (χ2n) is 15.7. The smallest absolute Gasteiger partial charge is 0.362 e. The number of aliphatic carboxylic acids is 1. The fraction of sp³-hybridized carbons (Fsp3) is 0.588. The second kappa shape index (κ2) is 40.8. The van der Waals surface area contributed by atoms with Gasteiger partial charge in [-0.15, -0.1) is 0 Å². The van der Waals surface area contributed by atoms with Gasteiger partial charge in [-0.25, -0.2) is 4.79 Å². The van der Waals surface area contributed by atoms with Gasteiger partial charge < -0.3 is 23.8 Å². The molecule has 0 rings (SSSR count). The predicted octanol–water partition coefficient (Wildman–Crippen LogP) is 12.5. The molecule has 0 heterocycles. The van der Waals surface area contributed by atoms with Crippen molar-refractivity contribution in [2.24, 2.45) is 0 Å². The molecular formula is C51H82NO7+. The highest BCUT2D eigenvalue weighted by Gasteiger charge is 2.31. The molecule has 0 saturated carbocycles. The zero-order chi connectivity index (χ0) is 43.5. The van der Waals surface area contributed by atoms with Crippen molar-refractivity contribution in [1.29, 1.82) is 0 Å². The molecule has 8 nitrogen and oxygen atoms in total. The van der Waals surface area contributed by atoms with E-state index >= 15 is 0 Å². The Balaban J connectivity index is 4.52. The second-order valence-corrected chi connectivity index (χ2v) is 15.7. The number of likely N-dealkylation sites (N-methyl/N-ethyl adjacent to an activating group) is 1. The first-order valence-electron chi connectivity index (χ1n) is 22.5. The summed E-state index contributed by atoms with van der Waals surface area (Å²) in [5.74, 6) is -1.59. The lowest BCUT2D eigenvalue weighted by molar-refractivity contribution is -0.887. The molecule has 0 amide bonds. The monoisotopic (exact) mass is 821 g/mol. The number of esters is 2. The van der Waals surface area contributed by atoms with Crippen LogP contribution >= 0.6 is 0 Å². The number of carbonyl (C=O) groups is 3. The SMILES string of the molecule is CC/C=C/C/C=C/C/C=C/C/C=C/C/C=C/CCCC(=O)OCC(COCCC(C(=O)O)[N+](C)(C)C)OC(=O)CCCCCCC/C=C/C=C/C=C/C=C/CCCCC. The quantitative estimate of drug-likeness (QED) is 0.0218. The van der Waals surface area contributed by atoms with Crippen molar-refractivity contribution >= 4 is 17.9 Å². The number of carboxylic acid groups (broad SMARTS) is 1. The largest absolute Gasteiger partial charge is 0.477 e. The Morgan fingerprint density at radius 2 is 1.03 bits per heavy atom. The number of carbonyl (C=O) groups excluding carboxylic acids is 2. The molecule has 2 atom stereocenters. The van der Waals surface area contributed by atoms with Gasteiger partial charge in [-0.05, 0) is 77.0 Å². The van der Waals surface area contributed by atoms with Gasteiger partial charge in [-0.1, -0.05) is 155 Å². The Bertz CT molecular complexity index is 1330. The average molecular weight is 821 g/mol. The van der Waals surface area contributed by atoms with Gasteiger partial charge >= 0.3 is 17.9 Å². The normalized spacial score (nSPS) is 14.0. The van der Waals surface area contributed by atoms with Crippen LogP contribution in [0.3, 0.4) is 0 Å². The maximum atomic E-state index is 12.7. The fourth-order valence-electron chi connectivity index (χ4n) is 5.78. The van der Waals surface area contributed by atoms with E-state index in [2.05, 4.69) is 111 Å². The van der Waals surface area contributed by atoms with Gasteiger partial charge in [0.15, 0.2) is 12.1 Å². The zero-order valence-corrected chi connectivity index (χ0v) is 37.7. The van der Waals surface area contributed by atoms with E-state index in [9.17, 15) is 19.5 Å². The summed E-state index contributed by atoms with van der Waals surface area (Å²) < 4.78 is 17.2. The number of ether oxygens (including phenoxy) is 3. The molecule has 332 valence electrons. The number of nitrogens with zero attached hydrogens (tertiary/aromatic N) is 1. The molecule has 0 aromatic rings. The van der Waals surface area contributed by atoms with E-state index in [0.717, 1.165) is 83.5 Å². The van der Waals surface area contributed by atoms with Gasteiger partial charge in [0, 0.05) is 19.3 Å². The lowest BCUT2D eigenvalue weighted by Gasteiger charge is -2.31. The molecule has 0 aromatic carbocycles. The summed E-state index contributed by atoms with van der Waals surface area (Å²) in [4.78, 5) is 37.0. The van der Waals surface area contributed by atoms with Gasteiger partial charge in [0.25, 0.3) is 0 Å². The lowest BCUT2D eigenvalue weighted by Crippen LogP contribution is -2.50. The number of rotatable bonds is 38. The van der Waals surface area contributed by atoms with Crippen molar-refractivity contribution in [2.75, 3.05) is 41.0 Å². The molecule has 0 aliphatic heterocycles. The summed E-state index contributed by atoms with van der Waals surface area (Å²) >= 11 is 0. The van der Waals surface area contributed by atoms with Crippen molar-refractivity contribution in [3.63, 3.8) is 0 Å². The minimum atomic E-state index is -0.892. The van der Waals surface area contributed by atoms with Gasteiger partial charge in [0.05, 0.1) is 34.4 Å². The number of unbranched alkanes of at least 4 members (excludes halogenated alkanes) is 9. The van der Waals surface area contributed by atoms with Crippen molar-refractivity contribution < 1.29 is 38.2 Å². The van der Waals surface area contributed by atoms with Gasteiger partial charge in [-0.2, -0.15) is 0 Å². The van der Waals surface area contributed by atoms with Crippen LogP contribution in [-0.4, -0.2) is 80.6 Å². The minimum absolute atomic E-state index is 0.0255. The van der Waals surface area contributed by atoms with Gasteiger partial charge in [0.1, 0.15) is 6.61 Å². The van der Waals surface area contributed by atoms with Crippen LogP contribution < -0.4 is 0 Å². The molecule has 0 aliphatic rings. The fourth-order valence-corrected chi connectivity index (χ4v) is 5.78. The predicted molar refractivity (Wildman–Crippen MR) is 247 cm³/mol. The molecule has 0 saturated heterocycles. The summed E-state index contributed by atoms with van der Waals surface area (Å²) in [6, 6.07) is -0.635.